The van der Waals surface area contributed by atoms with Gasteiger partial charge < -0.3 is 15.0 Å². The molecule has 1 aliphatic heterocycles. The van der Waals surface area contributed by atoms with Crippen LogP contribution in [0.1, 0.15) is 30.4 Å². The lowest BCUT2D eigenvalue weighted by Gasteiger charge is -2.26. The molecule has 1 aromatic heterocycles. The highest BCUT2D eigenvalue weighted by atomic mass is 19.1. The van der Waals surface area contributed by atoms with Crippen LogP contribution in [-0.4, -0.2) is 34.3 Å². The van der Waals surface area contributed by atoms with Crippen molar-refractivity contribution < 1.29 is 9.13 Å². The molecule has 37 heavy (non-hydrogen) atoms. The lowest BCUT2D eigenvalue weighted by atomic mass is 10.1. The number of anilines is 4. The van der Waals surface area contributed by atoms with Gasteiger partial charge in [0.15, 0.2) is 0 Å². The van der Waals surface area contributed by atoms with Gasteiger partial charge in [-0.3, -0.25) is 0 Å². The number of halogens is 1. The Bertz CT molecular complexity index is 1340. The Morgan fingerprint density at radius 1 is 0.865 bits per heavy atom. The molecule has 0 spiro atoms. The Kier molecular flexibility index (Phi) is 7.80. The Labute approximate surface area is 215 Å². The molecule has 2 heterocycles. The molecule has 0 atom stereocenters. The molecule has 2 N–H and O–H groups in total. The molecular formula is C28H28FN7O. The van der Waals surface area contributed by atoms with Gasteiger partial charge in [0.05, 0.1) is 6.21 Å². The van der Waals surface area contributed by atoms with Crippen LogP contribution in [-0.2, 0) is 6.61 Å². The first-order valence-electron chi connectivity index (χ1n) is 12.3. The molecule has 0 amide bonds. The third-order valence-corrected chi connectivity index (χ3v) is 5.88. The highest BCUT2D eigenvalue weighted by Gasteiger charge is 2.16. The van der Waals surface area contributed by atoms with E-state index in [0.29, 0.717) is 29.2 Å². The minimum atomic E-state index is -0.285. The molecule has 1 aliphatic rings. The molecule has 0 unspecified atom stereocenters. The van der Waals surface area contributed by atoms with E-state index in [2.05, 4.69) is 35.7 Å². The van der Waals surface area contributed by atoms with Gasteiger partial charge in [0.25, 0.3) is 0 Å². The summed E-state index contributed by atoms with van der Waals surface area (Å²) in [6.07, 6.45) is 5.10. The number of piperidine rings is 1. The van der Waals surface area contributed by atoms with E-state index in [1.54, 1.807) is 24.4 Å². The molecule has 8 nitrogen and oxygen atoms in total. The minimum Gasteiger partial charge on any atom is -0.489 e. The van der Waals surface area contributed by atoms with Crippen LogP contribution in [0.4, 0.5) is 27.9 Å². The van der Waals surface area contributed by atoms with E-state index >= 15 is 0 Å². The molecule has 3 aromatic carbocycles. The van der Waals surface area contributed by atoms with Crippen molar-refractivity contribution in [2.75, 3.05) is 28.7 Å². The van der Waals surface area contributed by atoms with Crippen molar-refractivity contribution in [1.82, 2.24) is 15.0 Å². The summed E-state index contributed by atoms with van der Waals surface area (Å²) in [6, 6.07) is 23.8. The molecule has 4 aromatic rings. The fourth-order valence-corrected chi connectivity index (χ4v) is 3.98. The van der Waals surface area contributed by atoms with E-state index < -0.39 is 0 Å². The Morgan fingerprint density at radius 3 is 2.49 bits per heavy atom. The number of rotatable bonds is 9. The fraction of sp³-hybridized carbons (Fsp3) is 0.214. The van der Waals surface area contributed by atoms with Crippen LogP contribution in [0.5, 0.6) is 5.75 Å². The van der Waals surface area contributed by atoms with E-state index in [-0.39, 0.29) is 12.4 Å². The molecule has 9 heteroatoms. The van der Waals surface area contributed by atoms with Crippen molar-refractivity contribution in [2.45, 2.75) is 25.9 Å². The number of hydrazone groups is 1. The first kappa shape index (κ1) is 24.2. The van der Waals surface area contributed by atoms with Crippen LogP contribution in [0.25, 0.3) is 0 Å². The molecule has 0 radical (unpaired) electrons. The van der Waals surface area contributed by atoms with Crippen LogP contribution in [0.15, 0.2) is 84.0 Å². The normalized spacial score (nSPS) is 13.5. The quantitative estimate of drug-likeness (QED) is 0.224. The van der Waals surface area contributed by atoms with Gasteiger partial charge in [-0.05, 0) is 55.2 Å². The number of nitrogens with one attached hydrogen (secondary N) is 2. The zero-order valence-electron chi connectivity index (χ0n) is 20.3. The molecule has 0 aliphatic carbocycles. The van der Waals surface area contributed by atoms with Gasteiger partial charge in [-0.2, -0.15) is 20.1 Å². The highest BCUT2D eigenvalue weighted by Crippen LogP contribution is 2.21. The lowest BCUT2D eigenvalue weighted by Crippen LogP contribution is -2.31. The molecule has 188 valence electrons. The molecular weight excluding hydrogens is 469 g/mol. The van der Waals surface area contributed by atoms with Gasteiger partial charge in [-0.1, -0.05) is 48.5 Å². The summed E-state index contributed by atoms with van der Waals surface area (Å²) in [5, 5.41) is 7.58. The second-order valence-electron chi connectivity index (χ2n) is 8.64. The number of para-hydroxylation sites is 1. The summed E-state index contributed by atoms with van der Waals surface area (Å²) in [5.41, 5.74) is 5.14. The van der Waals surface area contributed by atoms with Gasteiger partial charge in [0, 0.05) is 24.3 Å². The predicted octanol–water partition coefficient (Wildman–Crippen LogP) is 5.77. The van der Waals surface area contributed by atoms with Crippen molar-refractivity contribution in [3.63, 3.8) is 0 Å². The third kappa shape index (κ3) is 6.78. The summed E-state index contributed by atoms with van der Waals surface area (Å²) < 4.78 is 19.6. The first-order chi connectivity index (χ1) is 18.2. The van der Waals surface area contributed by atoms with Crippen molar-refractivity contribution in [2.24, 2.45) is 5.10 Å². The van der Waals surface area contributed by atoms with E-state index in [9.17, 15) is 4.39 Å². The molecule has 1 fully saturated rings. The van der Waals surface area contributed by atoms with Crippen LogP contribution in [0, 0.1) is 5.82 Å². The van der Waals surface area contributed by atoms with Gasteiger partial charge in [0.1, 0.15) is 18.2 Å². The van der Waals surface area contributed by atoms with Crippen molar-refractivity contribution in [1.29, 1.82) is 0 Å². The molecule has 0 saturated carbocycles. The Hall–Kier alpha value is -4.53. The number of benzene rings is 3. The number of hydrogen-bond acceptors (Lipinski definition) is 8. The van der Waals surface area contributed by atoms with Crippen LogP contribution in [0.3, 0.4) is 0 Å². The first-order valence-corrected chi connectivity index (χ1v) is 12.3. The topological polar surface area (TPSA) is 87.6 Å². The maximum Gasteiger partial charge on any atom is 0.250 e. The van der Waals surface area contributed by atoms with Gasteiger partial charge in [0.2, 0.25) is 17.8 Å². The summed E-state index contributed by atoms with van der Waals surface area (Å²) in [5.74, 6) is 1.75. The number of hydrogen-bond donors (Lipinski definition) is 2. The average Bonchev–Trinajstić information content (AvgIpc) is 2.94. The van der Waals surface area contributed by atoms with Crippen LogP contribution < -0.4 is 20.4 Å². The maximum atomic E-state index is 13.9. The standard InChI is InChI=1S/C28H28FN7O/c29-25-15-6-5-11-22(25)20-37-24-14-9-10-21(18-24)19-30-35-27-32-26(31-23-12-3-1-4-13-23)33-28(34-27)36-16-7-2-8-17-36/h1,3-6,9-15,18-19H,2,7-8,16-17,20H2,(H2,31,32,33,34,35)/b30-19-. The van der Waals surface area contributed by atoms with E-state index in [1.807, 2.05) is 54.6 Å². The van der Waals surface area contributed by atoms with E-state index in [4.69, 9.17) is 4.74 Å². The zero-order chi connectivity index (χ0) is 25.3. The summed E-state index contributed by atoms with van der Waals surface area (Å²) >= 11 is 0. The monoisotopic (exact) mass is 497 g/mol. The fourth-order valence-electron chi connectivity index (χ4n) is 3.98. The molecule has 1 saturated heterocycles. The lowest BCUT2D eigenvalue weighted by molar-refractivity contribution is 0.300. The van der Waals surface area contributed by atoms with E-state index in [1.165, 1.54) is 12.5 Å². The molecule has 0 bridgehead atoms. The second-order valence-corrected chi connectivity index (χ2v) is 8.64. The SMILES string of the molecule is Fc1ccccc1COc1cccc(/C=N\Nc2nc(Nc3ccccc3)nc(N3CCCCC3)n2)c1. The van der Waals surface area contributed by atoms with Gasteiger partial charge in [-0.15, -0.1) is 0 Å². The van der Waals surface area contributed by atoms with Gasteiger partial charge in [-0.25, -0.2) is 9.82 Å². The largest absolute Gasteiger partial charge is 0.489 e. The van der Waals surface area contributed by atoms with Crippen LogP contribution in [0.2, 0.25) is 0 Å². The third-order valence-electron chi connectivity index (χ3n) is 5.88. The summed E-state index contributed by atoms with van der Waals surface area (Å²) in [4.78, 5) is 15.9. The smallest absolute Gasteiger partial charge is 0.250 e. The Morgan fingerprint density at radius 2 is 1.65 bits per heavy atom. The second kappa shape index (κ2) is 11.9. The van der Waals surface area contributed by atoms with E-state index in [0.717, 1.165) is 37.2 Å². The van der Waals surface area contributed by atoms with Crippen molar-refractivity contribution in [3.8, 4) is 5.75 Å². The van der Waals surface area contributed by atoms with Crippen molar-refractivity contribution in [3.05, 3.63) is 95.8 Å². The zero-order valence-corrected chi connectivity index (χ0v) is 20.3. The average molecular weight is 498 g/mol. The van der Waals surface area contributed by atoms with Crippen molar-refractivity contribution >= 4 is 29.7 Å². The van der Waals surface area contributed by atoms with Crippen LogP contribution >= 0.6 is 0 Å². The summed E-state index contributed by atoms with van der Waals surface area (Å²) in [6.45, 7) is 1.97. The minimum absolute atomic E-state index is 0.146. The number of nitrogens with zero attached hydrogens (tertiary/aromatic N) is 5. The summed E-state index contributed by atoms with van der Waals surface area (Å²) in [7, 11) is 0. The number of ether oxygens (including phenoxy) is 1. The predicted molar refractivity (Wildman–Crippen MR) is 144 cm³/mol. The Balaban J connectivity index is 1.28. The highest BCUT2D eigenvalue weighted by molar-refractivity contribution is 5.80. The maximum absolute atomic E-state index is 13.9. The number of aromatic nitrogens is 3. The molecule has 5 rings (SSSR count). The van der Waals surface area contributed by atoms with Gasteiger partial charge >= 0.3 is 0 Å².